The average molecular weight is 394 g/mol. The lowest BCUT2D eigenvalue weighted by Gasteiger charge is -1.94. The van der Waals surface area contributed by atoms with E-state index in [1.54, 1.807) is 73.4 Å². The summed E-state index contributed by atoms with van der Waals surface area (Å²) in [4.78, 5) is 21.3. The molecule has 0 spiro atoms. The fourth-order valence-corrected chi connectivity index (χ4v) is 2.39. The summed E-state index contributed by atoms with van der Waals surface area (Å²) in [5.41, 5.74) is 4.78. The van der Waals surface area contributed by atoms with E-state index in [0.29, 0.717) is 11.1 Å². The van der Waals surface area contributed by atoms with E-state index in [4.69, 9.17) is 0 Å². The summed E-state index contributed by atoms with van der Waals surface area (Å²) in [6, 6.07) is 21.7. The highest BCUT2D eigenvalue weighted by atomic mass is 16.1. The highest BCUT2D eigenvalue weighted by Crippen LogP contribution is 2.03. The van der Waals surface area contributed by atoms with E-state index in [9.17, 15) is 9.59 Å². The van der Waals surface area contributed by atoms with Crippen LogP contribution in [0, 0.1) is 0 Å². The fraction of sp³-hybridized carbons (Fsp3) is 0. The van der Waals surface area contributed by atoms with Gasteiger partial charge >= 0.3 is 0 Å². The summed E-state index contributed by atoms with van der Waals surface area (Å²) in [6.45, 7) is 0. The van der Waals surface area contributed by atoms with Crippen LogP contribution in [0.4, 0.5) is 0 Å². The number of hydrogen-bond acceptors (Lipinski definition) is 6. The van der Waals surface area contributed by atoms with Crippen molar-refractivity contribution >= 4 is 37.4 Å². The summed E-state index contributed by atoms with van der Waals surface area (Å²) in [5, 5.41) is 16.1. The van der Waals surface area contributed by atoms with E-state index in [0.717, 1.165) is 34.8 Å². The molecule has 0 fully saturated rings. The number of carbonyl (C=O) groups excluding carboxylic acids is 2. The van der Waals surface area contributed by atoms with Gasteiger partial charge in [-0.05, 0) is 22.3 Å². The molecule has 0 amide bonds. The molecule has 0 radical (unpaired) electrons. The van der Waals surface area contributed by atoms with E-state index in [1.165, 1.54) is 0 Å². The van der Waals surface area contributed by atoms with E-state index in [1.807, 2.05) is 24.3 Å². The molecule has 0 heterocycles. The first-order chi connectivity index (χ1) is 14.8. The molecule has 0 N–H and O–H groups in total. The van der Waals surface area contributed by atoms with Crippen molar-refractivity contribution in [2.45, 2.75) is 0 Å². The smallest absolute Gasteiger partial charge is 0.150 e. The van der Waals surface area contributed by atoms with Crippen LogP contribution >= 0.6 is 0 Å². The molecule has 0 atom stereocenters. The van der Waals surface area contributed by atoms with Crippen LogP contribution in [0.25, 0.3) is 0 Å². The maximum Gasteiger partial charge on any atom is 0.150 e. The van der Waals surface area contributed by atoms with Crippen LogP contribution < -0.4 is 0 Å². The minimum Gasteiger partial charge on any atom is -0.298 e. The predicted molar refractivity (Wildman–Crippen MR) is 120 cm³/mol. The van der Waals surface area contributed by atoms with Gasteiger partial charge in [0.25, 0.3) is 0 Å². The number of aldehydes is 2. The molecule has 3 aromatic rings. The van der Waals surface area contributed by atoms with Crippen molar-refractivity contribution in [3.63, 3.8) is 0 Å². The van der Waals surface area contributed by atoms with Gasteiger partial charge in [-0.2, -0.15) is 20.4 Å². The SMILES string of the molecule is O=Cc1ccc(/C=N/N=C/c2ccc(/C=N/N=C/c3ccc(C=O)cc3)cc2)cc1. The molecular formula is C24H18N4O2. The molecule has 3 rings (SSSR count). The second-order valence-electron chi connectivity index (χ2n) is 6.21. The Labute approximate surface area is 174 Å². The minimum absolute atomic E-state index is 0.623. The average Bonchev–Trinajstić information content (AvgIpc) is 2.81. The first kappa shape index (κ1) is 20.4. The molecule has 0 bridgehead atoms. The van der Waals surface area contributed by atoms with Gasteiger partial charge in [-0.15, -0.1) is 0 Å². The van der Waals surface area contributed by atoms with Gasteiger partial charge in [0.05, 0.1) is 24.9 Å². The highest BCUT2D eigenvalue weighted by molar-refractivity contribution is 5.86. The third kappa shape index (κ3) is 6.38. The lowest BCUT2D eigenvalue weighted by molar-refractivity contribution is 0.111. The molecule has 0 aliphatic rings. The van der Waals surface area contributed by atoms with E-state index < -0.39 is 0 Å². The first-order valence-corrected chi connectivity index (χ1v) is 9.10. The van der Waals surface area contributed by atoms with Gasteiger partial charge in [0.2, 0.25) is 0 Å². The Morgan fingerprint density at radius 3 is 0.767 bits per heavy atom. The Morgan fingerprint density at radius 1 is 0.367 bits per heavy atom. The first-order valence-electron chi connectivity index (χ1n) is 9.10. The lowest BCUT2D eigenvalue weighted by Crippen LogP contribution is -1.85. The second-order valence-corrected chi connectivity index (χ2v) is 6.21. The molecule has 30 heavy (non-hydrogen) atoms. The van der Waals surface area contributed by atoms with Gasteiger partial charge in [-0.25, -0.2) is 0 Å². The monoisotopic (exact) mass is 394 g/mol. The van der Waals surface area contributed by atoms with Gasteiger partial charge in [0, 0.05) is 11.1 Å². The maximum atomic E-state index is 10.6. The van der Waals surface area contributed by atoms with Gasteiger partial charge < -0.3 is 0 Å². The van der Waals surface area contributed by atoms with Crippen LogP contribution in [0.3, 0.4) is 0 Å². The van der Waals surface area contributed by atoms with Crippen molar-refractivity contribution in [1.29, 1.82) is 0 Å². The second kappa shape index (κ2) is 10.9. The number of rotatable bonds is 8. The van der Waals surface area contributed by atoms with Crippen molar-refractivity contribution in [1.82, 2.24) is 0 Å². The van der Waals surface area contributed by atoms with Crippen LogP contribution in [0.1, 0.15) is 43.0 Å². The quantitative estimate of drug-likeness (QED) is 0.326. The number of benzene rings is 3. The maximum absolute atomic E-state index is 10.6. The summed E-state index contributed by atoms with van der Waals surface area (Å²) in [6.07, 6.45) is 8.15. The molecule has 0 unspecified atom stereocenters. The molecule has 0 saturated carbocycles. The van der Waals surface area contributed by atoms with Gasteiger partial charge in [0.15, 0.2) is 0 Å². The predicted octanol–water partition coefficient (Wildman–Crippen LogP) is 4.22. The minimum atomic E-state index is 0.623. The summed E-state index contributed by atoms with van der Waals surface area (Å²) >= 11 is 0. The van der Waals surface area contributed by atoms with Crippen LogP contribution in [-0.2, 0) is 0 Å². The van der Waals surface area contributed by atoms with Gasteiger partial charge in [-0.3, -0.25) is 9.59 Å². The van der Waals surface area contributed by atoms with Gasteiger partial charge in [-0.1, -0.05) is 72.8 Å². The fourth-order valence-electron chi connectivity index (χ4n) is 2.39. The Hall–Kier alpha value is -4.32. The Kier molecular flexibility index (Phi) is 7.40. The number of carbonyl (C=O) groups is 2. The molecule has 0 aliphatic carbocycles. The summed E-state index contributed by atoms with van der Waals surface area (Å²) in [7, 11) is 0. The molecular weight excluding hydrogens is 376 g/mol. The van der Waals surface area contributed by atoms with Crippen LogP contribution in [-0.4, -0.2) is 37.4 Å². The number of nitrogens with zero attached hydrogens (tertiary/aromatic N) is 4. The summed E-state index contributed by atoms with van der Waals surface area (Å²) in [5.74, 6) is 0. The molecule has 3 aromatic carbocycles. The van der Waals surface area contributed by atoms with Crippen molar-refractivity contribution in [2.75, 3.05) is 0 Å². The van der Waals surface area contributed by atoms with Crippen molar-refractivity contribution < 1.29 is 9.59 Å². The highest BCUT2D eigenvalue weighted by Gasteiger charge is 1.92. The van der Waals surface area contributed by atoms with E-state index >= 15 is 0 Å². The zero-order chi connectivity index (χ0) is 21.0. The van der Waals surface area contributed by atoms with Gasteiger partial charge in [0.1, 0.15) is 12.6 Å². The van der Waals surface area contributed by atoms with Crippen LogP contribution in [0.2, 0.25) is 0 Å². The molecule has 0 saturated heterocycles. The zero-order valence-corrected chi connectivity index (χ0v) is 16.0. The molecule has 6 nitrogen and oxygen atoms in total. The Morgan fingerprint density at radius 2 is 0.567 bits per heavy atom. The van der Waals surface area contributed by atoms with Crippen molar-refractivity contribution in [3.05, 3.63) is 106 Å². The standard InChI is InChI=1S/C24H18N4O2/c29-17-23-9-5-21(6-10-23)15-27-25-13-19-1-2-20(4-3-19)14-26-28-16-22-7-11-24(18-30)12-8-22/h1-18H/b25-13+,26-14+,27-15+,28-16+. The number of hydrogen-bond donors (Lipinski definition) is 0. The molecule has 6 heteroatoms. The van der Waals surface area contributed by atoms with E-state index in [2.05, 4.69) is 20.4 Å². The van der Waals surface area contributed by atoms with E-state index in [-0.39, 0.29) is 0 Å². The zero-order valence-electron chi connectivity index (χ0n) is 16.0. The van der Waals surface area contributed by atoms with Crippen molar-refractivity contribution in [2.24, 2.45) is 20.4 Å². The third-order valence-corrected chi connectivity index (χ3v) is 4.04. The Balaban J connectivity index is 1.52. The van der Waals surface area contributed by atoms with Crippen LogP contribution in [0.15, 0.2) is 93.2 Å². The molecule has 0 aromatic heterocycles. The van der Waals surface area contributed by atoms with Crippen molar-refractivity contribution in [3.8, 4) is 0 Å². The normalized spacial score (nSPS) is 11.7. The van der Waals surface area contributed by atoms with Crippen LogP contribution in [0.5, 0.6) is 0 Å². The Bertz CT molecular complexity index is 1000. The topological polar surface area (TPSA) is 83.6 Å². The largest absolute Gasteiger partial charge is 0.298 e. The third-order valence-electron chi connectivity index (χ3n) is 4.04. The molecule has 146 valence electrons. The summed E-state index contributed by atoms with van der Waals surface area (Å²) < 4.78 is 0. The molecule has 0 aliphatic heterocycles. The lowest BCUT2D eigenvalue weighted by atomic mass is 10.2.